The van der Waals surface area contributed by atoms with Crippen molar-refractivity contribution >= 4 is 5.91 Å². The van der Waals surface area contributed by atoms with E-state index >= 15 is 0 Å². The molecular formula is C27H33NO4. The van der Waals surface area contributed by atoms with Crippen molar-refractivity contribution in [2.24, 2.45) is 0 Å². The predicted octanol–water partition coefficient (Wildman–Crippen LogP) is 5.47. The summed E-state index contributed by atoms with van der Waals surface area (Å²) in [4.78, 5) is 12.5. The number of nitrogens with one attached hydrogen (secondary N) is 1. The van der Waals surface area contributed by atoms with E-state index in [1.54, 1.807) is 20.3 Å². The first-order chi connectivity index (χ1) is 15.2. The van der Waals surface area contributed by atoms with Crippen molar-refractivity contribution in [1.82, 2.24) is 5.32 Å². The molecule has 0 aliphatic carbocycles. The molecule has 170 valence electrons. The highest BCUT2D eigenvalue weighted by molar-refractivity contribution is 5.91. The number of amides is 1. The predicted molar refractivity (Wildman–Crippen MR) is 127 cm³/mol. The van der Waals surface area contributed by atoms with Crippen LogP contribution in [0.1, 0.15) is 59.3 Å². The second kappa shape index (κ2) is 9.94. The first kappa shape index (κ1) is 23.5. The summed E-state index contributed by atoms with van der Waals surface area (Å²) in [5.74, 6) is 2.35. The smallest absolute Gasteiger partial charge is 0.287 e. The van der Waals surface area contributed by atoms with Crippen LogP contribution in [0.2, 0.25) is 0 Å². The summed E-state index contributed by atoms with van der Waals surface area (Å²) in [6.07, 6.45) is 1.32. The lowest BCUT2D eigenvalue weighted by Crippen LogP contribution is -2.25. The normalized spacial score (nSPS) is 11.3. The molecule has 0 aliphatic rings. The average Bonchev–Trinajstić information content (AvgIpc) is 3.22. The van der Waals surface area contributed by atoms with Crippen LogP contribution in [-0.4, -0.2) is 26.7 Å². The summed E-state index contributed by atoms with van der Waals surface area (Å²) in [5, 5.41) is 2.93. The first-order valence-electron chi connectivity index (χ1n) is 10.9. The van der Waals surface area contributed by atoms with Gasteiger partial charge >= 0.3 is 0 Å². The second-order valence-corrected chi connectivity index (χ2v) is 9.06. The van der Waals surface area contributed by atoms with Crippen LogP contribution in [0.4, 0.5) is 0 Å². The molecule has 0 atom stereocenters. The van der Waals surface area contributed by atoms with Gasteiger partial charge in [-0.2, -0.15) is 0 Å². The minimum atomic E-state index is -0.216. The van der Waals surface area contributed by atoms with Crippen LogP contribution >= 0.6 is 0 Å². The number of carbonyl (C=O) groups excluding carboxylic acids is 1. The molecule has 0 unspecified atom stereocenters. The zero-order valence-electron chi connectivity index (χ0n) is 19.9. The van der Waals surface area contributed by atoms with Crippen molar-refractivity contribution in [3.05, 3.63) is 82.3 Å². The molecule has 1 N–H and O–H groups in total. The number of aryl methyl sites for hydroxylation is 1. The molecule has 0 aliphatic heterocycles. The Hall–Kier alpha value is -3.21. The zero-order chi connectivity index (χ0) is 23.3. The lowest BCUT2D eigenvalue weighted by Gasteiger charge is -2.20. The molecule has 2 aromatic carbocycles. The van der Waals surface area contributed by atoms with E-state index in [2.05, 4.69) is 51.2 Å². The van der Waals surface area contributed by atoms with E-state index in [1.165, 1.54) is 16.7 Å². The third-order valence-electron chi connectivity index (χ3n) is 5.58. The third-order valence-corrected chi connectivity index (χ3v) is 5.58. The fourth-order valence-electron chi connectivity index (χ4n) is 3.53. The number of ether oxygens (including phenoxy) is 2. The van der Waals surface area contributed by atoms with Gasteiger partial charge in [0, 0.05) is 19.0 Å². The van der Waals surface area contributed by atoms with Crippen LogP contribution in [-0.2, 0) is 18.3 Å². The van der Waals surface area contributed by atoms with Crippen LogP contribution in [0.3, 0.4) is 0 Å². The fourth-order valence-corrected chi connectivity index (χ4v) is 3.53. The van der Waals surface area contributed by atoms with E-state index in [0.29, 0.717) is 25.1 Å². The van der Waals surface area contributed by atoms with Gasteiger partial charge in [0.1, 0.15) is 17.3 Å². The Morgan fingerprint density at radius 2 is 1.66 bits per heavy atom. The van der Waals surface area contributed by atoms with Gasteiger partial charge in [-0.25, -0.2) is 0 Å². The molecule has 0 fully saturated rings. The van der Waals surface area contributed by atoms with Crippen LogP contribution in [0.15, 0.2) is 52.9 Å². The van der Waals surface area contributed by atoms with Crippen LogP contribution in [0, 0.1) is 6.92 Å². The van der Waals surface area contributed by atoms with Gasteiger partial charge in [-0.15, -0.1) is 0 Å². The third kappa shape index (κ3) is 5.94. The lowest BCUT2D eigenvalue weighted by atomic mass is 9.85. The summed E-state index contributed by atoms with van der Waals surface area (Å²) in [6.45, 7) is 9.21. The van der Waals surface area contributed by atoms with Gasteiger partial charge in [0.25, 0.3) is 5.91 Å². The Labute approximate surface area is 190 Å². The highest BCUT2D eigenvalue weighted by atomic mass is 16.5. The molecule has 0 saturated carbocycles. The maximum Gasteiger partial charge on any atom is 0.287 e. The lowest BCUT2D eigenvalue weighted by molar-refractivity contribution is 0.0925. The molecule has 3 rings (SSSR count). The number of hydrogen-bond donors (Lipinski definition) is 1. The summed E-state index contributed by atoms with van der Waals surface area (Å²) in [5.41, 5.74) is 4.83. The summed E-state index contributed by atoms with van der Waals surface area (Å²) < 4.78 is 16.4. The average molecular weight is 436 g/mol. The Morgan fingerprint density at radius 3 is 2.28 bits per heavy atom. The number of furan rings is 1. The Morgan fingerprint density at radius 1 is 0.969 bits per heavy atom. The molecule has 5 nitrogen and oxygen atoms in total. The van der Waals surface area contributed by atoms with Crippen LogP contribution in [0.25, 0.3) is 0 Å². The van der Waals surface area contributed by atoms with Gasteiger partial charge in [-0.3, -0.25) is 4.79 Å². The molecular weight excluding hydrogens is 402 g/mol. The second-order valence-electron chi connectivity index (χ2n) is 9.06. The van der Waals surface area contributed by atoms with E-state index in [9.17, 15) is 4.79 Å². The van der Waals surface area contributed by atoms with E-state index in [-0.39, 0.29) is 11.3 Å². The van der Waals surface area contributed by atoms with Crippen LogP contribution < -0.4 is 14.8 Å². The Bertz CT molecular complexity index is 1050. The molecule has 0 spiro atoms. The van der Waals surface area contributed by atoms with E-state index < -0.39 is 0 Å². The number of rotatable bonds is 8. The monoisotopic (exact) mass is 435 g/mol. The minimum Gasteiger partial charge on any atom is -0.497 e. The standard InChI is InChI=1S/C27H33NO4/c1-18-7-8-21(27(2,3)4)15-20(18)16-22-9-10-25(32-22)26(29)28-12-11-19-13-23(30-5)17-24(14-19)31-6/h7-10,13-15,17H,11-12,16H2,1-6H3,(H,28,29). The largest absolute Gasteiger partial charge is 0.497 e. The van der Waals surface area contributed by atoms with Crippen LogP contribution in [0.5, 0.6) is 11.5 Å². The molecule has 0 bridgehead atoms. The summed E-state index contributed by atoms with van der Waals surface area (Å²) in [6, 6.07) is 15.9. The van der Waals surface area contributed by atoms with E-state index in [4.69, 9.17) is 13.9 Å². The summed E-state index contributed by atoms with van der Waals surface area (Å²) in [7, 11) is 3.24. The van der Waals surface area contributed by atoms with Crippen molar-refractivity contribution in [3.63, 3.8) is 0 Å². The number of methoxy groups -OCH3 is 2. The number of hydrogen-bond acceptors (Lipinski definition) is 4. The van der Waals surface area contributed by atoms with Crippen molar-refractivity contribution in [3.8, 4) is 11.5 Å². The van der Waals surface area contributed by atoms with E-state index in [0.717, 1.165) is 22.8 Å². The Kier molecular flexibility index (Phi) is 7.29. The molecule has 5 heteroatoms. The molecule has 32 heavy (non-hydrogen) atoms. The van der Waals surface area contributed by atoms with Crippen molar-refractivity contribution in [2.75, 3.05) is 20.8 Å². The topological polar surface area (TPSA) is 60.7 Å². The highest BCUT2D eigenvalue weighted by Crippen LogP contribution is 2.26. The summed E-state index contributed by atoms with van der Waals surface area (Å²) >= 11 is 0. The van der Waals surface area contributed by atoms with Gasteiger partial charge in [0.15, 0.2) is 5.76 Å². The molecule has 0 radical (unpaired) electrons. The molecule has 0 saturated heterocycles. The molecule has 3 aromatic rings. The Balaban J connectivity index is 1.61. The van der Waals surface area contributed by atoms with Crippen molar-refractivity contribution in [1.29, 1.82) is 0 Å². The van der Waals surface area contributed by atoms with E-state index in [1.807, 2.05) is 24.3 Å². The van der Waals surface area contributed by atoms with Gasteiger partial charge in [0.2, 0.25) is 0 Å². The SMILES string of the molecule is COc1cc(CCNC(=O)c2ccc(Cc3cc(C(C)(C)C)ccc3C)o2)cc(OC)c1. The highest BCUT2D eigenvalue weighted by Gasteiger charge is 2.16. The number of carbonyl (C=O) groups is 1. The van der Waals surface area contributed by atoms with Gasteiger partial charge in [-0.05, 0) is 65.3 Å². The van der Waals surface area contributed by atoms with Crippen molar-refractivity contribution in [2.45, 2.75) is 46.0 Å². The van der Waals surface area contributed by atoms with Crippen molar-refractivity contribution < 1.29 is 18.7 Å². The molecule has 1 aromatic heterocycles. The first-order valence-corrected chi connectivity index (χ1v) is 10.9. The van der Waals surface area contributed by atoms with Gasteiger partial charge in [-0.1, -0.05) is 39.0 Å². The molecule has 1 heterocycles. The molecule has 1 amide bonds. The number of benzene rings is 2. The quantitative estimate of drug-likeness (QED) is 0.510. The minimum absolute atomic E-state index is 0.0868. The van der Waals surface area contributed by atoms with Gasteiger partial charge < -0.3 is 19.2 Å². The maximum absolute atomic E-state index is 12.5. The fraction of sp³-hybridized carbons (Fsp3) is 0.370. The zero-order valence-corrected chi connectivity index (χ0v) is 19.9. The van der Waals surface area contributed by atoms with Gasteiger partial charge in [0.05, 0.1) is 14.2 Å². The maximum atomic E-state index is 12.5.